The number of sulfonamides is 1. The summed E-state index contributed by atoms with van der Waals surface area (Å²) in [6, 6.07) is 8.86. The van der Waals surface area contributed by atoms with E-state index in [1.165, 1.54) is 0 Å². The van der Waals surface area contributed by atoms with Crippen LogP contribution < -0.4 is 19.5 Å². The van der Waals surface area contributed by atoms with Crippen molar-refractivity contribution in [1.29, 1.82) is 0 Å². The van der Waals surface area contributed by atoms with E-state index >= 15 is 0 Å². The molecule has 1 aliphatic rings. The number of aryl methyl sites for hydroxylation is 3. The van der Waals surface area contributed by atoms with Gasteiger partial charge in [0.2, 0.25) is 15.9 Å². The van der Waals surface area contributed by atoms with Crippen LogP contribution in [-0.2, 0) is 14.8 Å². The van der Waals surface area contributed by atoms with Gasteiger partial charge in [0.15, 0.2) is 11.5 Å². The standard InChI is InChI=1S/C21H26N2O5S/c1-14-11-15(2)21(16(3)12-14)29(25,26)22-8-7-20(24)23-17-5-6-18-19(13-17)28-10-4-9-27-18/h5-6,11-13,22H,4,7-10H2,1-3H3,(H,23,24). The molecular weight excluding hydrogens is 392 g/mol. The zero-order chi connectivity index (χ0) is 21.0. The minimum Gasteiger partial charge on any atom is -0.490 e. The van der Waals surface area contributed by atoms with Crippen LogP contribution in [0.25, 0.3) is 0 Å². The van der Waals surface area contributed by atoms with E-state index in [9.17, 15) is 13.2 Å². The molecule has 29 heavy (non-hydrogen) atoms. The molecule has 0 atom stereocenters. The molecule has 2 aromatic rings. The van der Waals surface area contributed by atoms with Gasteiger partial charge in [-0.2, -0.15) is 0 Å². The number of hydrogen-bond acceptors (Lipinski definition) is 5. The minimum absolute atomic E-state index is 0.00543. The van der Waals surface area contributed by atoms with Gasteiger partial charge < -0.3 is 14.8 Å². The lowest BCUT2D eigenvalue weighted by atomic mass is 10.1. The molecule has 0 fully saturated rings. The molecule has 7 nitrogen and oxygen atoms in total. The SMILES string of the molecule is Cc1cc(C)c(S(=O)(=O)NCCC(=O)Nc2ccc3c(c2)OCCCO3)c(C)c1. The number of hydrogen-bond donors (Lipinski definition) is 2. The number of carbonyl (C=O) groups excluding carboxylic acids is 1. The maximum absolute atomic E-state index is 12.6. The Labute approximate surface area is 171 Å². The fraction of sp³-hybridized carbons (Fsp3) is 0.381. The fourth-order valence-electron chi connectivity index (χ4n) is 3.43. The van der Waals surface area contributed by atoms with E-state index in [-0.39, 0.29) is 23.8 Å². The van der Waals surface area contributed by atoms with Crippen LogP contribution in [-0.4, -0.2) is 34.1 Å². The zero-order valence-corrected chi connectivity index (χ0v) is 17.7. The first-order valence-electron chi connectivity index (χ1n) is 9.53. The van der Waals surface area contributed by atoms with Crippen LogP contribution in [0.4, 0.5) is 5.69 Å². The molecule has 0 saturated heterocycles. The molecule has 0 radical (unpaired) electrons. The summed E-state index contributed by atoms with van der Waals surface area (Å²) >= 11 is 0. The van der Waals surface area contributed by atoms with Gasteiger partial charge in [0.1, 0.15) is 0 Å². The molecule has 2 N–H and O–H groups in total. The van der Waals surface area contributed by atoms with Crippen molar-refractivity contribution in [2.75, 3.05) is 25.1 Å². The van der Waals surface area contributed by atoms with E-state index in [0.29, 0.717) is 41.5 Å². The Morgan fingerprint density at radius 2 is 1.66 bits per heavy atom. The topological polar surface area (TPSA) is 93.7 Å². The highest BCUT2D eigenvalue weighted by Crippen LogP contribution is 2.32. The first-order chi connectivity index (χ1) is 13.8. The summed E-state index contributed by atoms with van der Waals surface area (Å²) in [5.41, 5.74) is 2.96. The molecule has 1 aliphatic heterocycles. The third-order valence-corrected chi connectivity index (χ3v) is 6.31. The van der Waals surface area contributed by atoms with Crippen LogP contribution in [0.2, 0.25) is 0 Å². The first-order valence-corrected chi connectivity index (χ1v) is 11.0. The number of rotatable bonds is 6. The van der Waals surface area contributed by atoms with E-state index in [1.54, 1.807) is 32.0 Å². The lowest BCUT2D eigenvalue weighted by Crippen LogP contribution is -2.29. The lowest BCUT2D eigenvalue weighted by molar-refractivity contribution is -0.116. The van der Waals surface area contributed by atoms with Gasteiger partial charge in [-0.3, -0.25) is 4.79 Å². The first kappa shape index (κ1) is 21.1. The Morgan fingerprint density at radius 3 is 2.34 bits per heavy atom. The molecule has 8 heteroatoms. The lowest BCUT2D eigenvalue weighted by Gasteiger charge is -2.13. The number of nitrogens with one attached hydrogen (secondary N) is 2. The van der Waals surface area contributed by atoms with Gasteiger partial charge in [0, 0.05) is 31.1 Å². The van der Waals surface area contributed by atoms with Crippen LogP contribution in [0, 0.1) is 20.8 Å². The quantitative estimate of drug-likeness (QED) is 0.752. The Bertz CT molecular complexity index is 995. The summed E-state index contributed by atoms with van der Waals surface area (Å²) in [7, 11) is -3.69. The summed E-state index contributed by atoms with van der Waals surface area (Å²) < 4.78 is 39.0. The Balaban J connectivity index is 1.58. The summed E-state index contributed by atoms with van der Waals surface area (Å²) in [6.07, 6.45) is 0.814. The van der Waals surface area contributed by atoms with Crippen LogP contribution in [0.5, 0.6) is 11.5 Å². The normalized spacial score (nSPS) is 13.6. The van der Waals surface area contributed by atoms with Crippen molar-refractivity contribution in [2.45, 2.75) is 38.5 Å². The number of benzene rings is 2. The molecule has 0 bridgehead atoms. The summed E-state index contributed by atoms with van der Waals surface area (Å²) in [4.78, 5) is 12.5. The van der Waals surface area contributed by atoms with Gasteiger partial charge in [-0.1, -0.05) is 17.7 Å². The Kier molecular flexibility index (Phi) is 6.44. The maximum atomic E-state index is 12.6. The van der Waals surface area contributed by atoms with E-state index in [2.05, 4.69) is 10.0 Å². The van der Waals surface area contributed by atoms with Crippen LogP contribution in [0.15, 0.2) is 35.2 Å². The predicted molar refractivity (Wildman–Crippen MR) is 111 cm³/mol. The number of fused-ring (bicyclic) bond motifs is 1. The van der Waals surface area contributed by atoms with E-state index < -0.39 is 10.0 Å². The molecule has 156 valence electrons. The summed E-state index contributed by atoms with van der Waals surface area (Å²) in [6.45, 7) is 6.62. The van der Waals surface area contributed by atoms with E-state index in [4.69, 9.17) is 9.47 Å². The van der Waals surface area contributed by atoms with Crippen molar-refractivity contribution in [3.8, 4) is 11.5 Å². The second kappa shape index (κ2) is 8.84. The number of carbonyl (C=O) groups is 1. The van der Waals surface area contributed by atoms with Crippen molar-refractivity contribution < 1.29 is 22.7 Å². The number of amides is 1. The average molecular weight is 419 g/mol. The third-order valence-electron chi connectivity index (χ3n) is 4.55. The smallest absolute Gasteiger partial charge is 0.241 e. The third kappa shape index (κ3) is 5.27. The number of anilines is 1. The second-order valence-corrected chi connectivity index (χ2v) is 8.84. The monoisotopic (exact) mass is 418 g/mol. The van der Waals surface area contributed by atoms with Gasteiger partial charge in [-0.05, 0) is 44.0 Å². The molecule has 0 aliphatic carbocycles. The second-order valence-electron chi connectivity index (χ2n) is 7.14. The van der Waals surface area contributed by atoms with E-state index in [0.717, 1.165) is 12.0 Å². The van der Waals surface area contributed by atoms with Crippen molar-refractivity contribution in [3.05, 3.63) is 47.0 Å². The van der Waals surface area contributed by atoms with Crippen LogP contribution in [0.1, 0.15) is 29.5 Å². The maximum Gasteiger partial charge on any atom is 0.241 e. The molecule has 0 spiro atoms. The average Bonchev–Trinajstić information content (AvgIpc) is 2.85. The molecule has 1 heterocycles. The molecule has 0 unspecified atom stereocenters. The molecule has 3 rings (SSSR count). The fourth-order valence-corrected chi connectivity index (χ4v) is 4.91. The Morgan fingerprint density at radius 1 is 1.00 bits per heavy atom. The molecule has 2 aromatic carbocycles. The molecule has 0 saturated carbocycles. The van der Waals surface area contributed by atoms with E-state index in [1.807, 2.05) is 19.1 Å². The van der Waals surface area contributed by atoms with Gasteiger partial charge in [0.25, 0.3) is 0 Å². The Hall–Kier alpha value is -2.58. The van der Waals surface area contributed by atoms with Gasteiger partial charge >= 0.3 is 0 Å². The molecule has 0 aromatic heterocycles. The predicted octanol–water partition coefficient (Wildman–Crippen LogP) is 3.08. The molecule has 1 amide bonds. The molecular formula is C21H26N2O5S. The van der Waals surface area contributed by atoms with Crippen molar-refractivity contribution in [3.63, 3.8) is 0 Å². The van der Waals surface area contributed by atoms with Crippen LogP contribution >= 0.6 is 0 Å². The zero-order valence-electron chi connectivity index (χ0n) is 16.9. The number of ether oxygens (including phenoxy) is 2. The van der Waals surface area contributed by atoms with Crippen LogP contribution in [0.3, 0.4) is 0 Å². The van der Waals surface area contributed by atoms with Gasteiger partial charge in [-0.15, -0.1) is 0 Å². The summed E-state index contributed by atoms with van der Waals surface area (Å²) in [5.74, 6) is 0.947. The highest BCUT2D eigenvalue weighted by Gasteiger charge is 2.20. The van der Waals surface area contributed by atoms with Gasteiger partial charge in [0.05, 0.1) is 18.1 Å². The highest BCUT2D eigenvalue weighted by atomic mass is 32.2. The highest BCUT2D eigenvalue weighted by molar-refractivity contribution is 7.89. The summed E-state index contributed by atoms with van der Waals surface area (Å²) in [5, 5.41) is 2.76. The van der Waals surface area contributed by atoms with Gasteiger partial charge in [-0.25, -0.2) is 13.1 Å². The van der Waals surface area contributed by atoms with Crippen molar-refractivity contribution >= 4 is 21.6 Å². The largest absolute Gasteiger partial charge is 0.490 e. The van der Waals surface area contributed by atoms with Crippen molar-refractivity contribution in [2.24, 2.45) is 0 Å². The van der Waals surface area contributed by atoms with Crippen molar-refractivity contribution in [1.82, 2.24) is 4.72 Å². The minimum atomic E-state index is -3.69.